The first-order valence-electron chi connectivity index (χ1n) is 5.90. The van der Waals surface area contributed by atoms with Gasteiger partial charge in [-0.05, 0) is 37.6 Å². The van der Waals surface area contributed by atoms with Crippen molar-refractivity contribution in [3.63, 3.8) is 0 Å². The Morgan fingerprint density at radius 2 is 2.18 bits per heavy atom. The van der Waals surface area contributed by atoms with E-state index in [-0.39, 0.29) is 5.91 Å². The summed E-state index contributed by atoms with van der Waals surface area (Å²) in [6, 6.07) is 6.20. The third-order valence-electron chi connectivity index (χ3n) is 3.09. The van der Waals surface area contributed by atoms with Crippen molar-refractivity contribution < 1.29 is 4.79 Å². The first kappa shape index (κ1) is 12.6. The minimum atomic E-state index is 0.128. The van der Waals surface area contributed by atoms with Crippen molar-refractivity contribution in [3.05, 3.63) is 33.8 Å². The first-order chi connectivity index (χ1) is 8.11. The van der Waals surface area contributed by atoms with Crippen molar-refractivity contribution in [2.24, 2.45) is 0 Å². The first-order valence-corrected chi connectivity index (χ1v) is 6.70. The van der Waals surface area contributed by atoms with E-state index in [0.717, 1.165) is 35.2 Å². The van der Waals surface area contributed by atoms with E-state index in [0.29, 0.717) is 6.04 Å². The summed E-state index contributed by atoms with van der Waals surface area (Å²) in [5.74, 6) is 0.128. The fourth-order valence-electron chi connectivity index (χ4n) is 2.09. The summed E-state index contributed by atoms with van der Waals surface area (Å²) in [4.78, 5) is 14.3. The molecule has 1 aromatic carbocycles. The van der Waals surface area contributed by atoms with Crippen molar-refractivity contribution in [2.45, 2.75) is 19.9 Å². The Hall–Kier alpha value is -0.870. The van der Waals surface area contributed by atoms with Gasteiger partial charge in [-0.1, -0.05) is 15.9 Å². The van der Waals surface area contributed by atoms with Gasteiger partial charge in [-0.3, -0.25) is 4.79 Å². The quantitative estimate of drug-likeness (QED) is 0.927. The van der Waals surface area contributed by atoms with Crippen LogP contribution in [0.4, 0.5) is 0 Å². The van der Waals surface area contributed by atoms with Crippen LogP contribution in [0.1, 0.15) is 22.8 Å². The lowest BCUT2D eigenvalue weighted by atomic mass is 10.1. The molecule has 0 aromatic heterocycles. The zero-order valence-electron chi connectivity index (χ0n) is 10.2. The van der Waals surface area contributed by atoms with Gasteiger partial charge in [0.15, 0.2) is 0 Å². The van der Waals surface area contributed by atoms with Crippen LogP contribution < -0.4 is 5.32 Å². The number of nitrogens with zero attached hydrogens (tertiary/aromatic N) is 1. The standard InChI is InChI=1S/C13H17BrN2O/c1-3-16(12-7-15-8-12)13(17)10-4-9(2)5-11(14)6-10/h4-6,12,15H,3,7-8H2,1-2H3. The highest BCUT2D eigenvalue weighted by molar-refractivity contribution is 9.10. The number of nitrogens with one attached hydrogen (secondary N) is 1. The SMILES string of the molecule is CCN(C(=O)c1cc(C)cc(Br)c1)C1CNC1. The maximum absolute atomic E-state index is 12.4. The van der Waals surface area contributed by atoms with Crippen LogP contribution in [0.25, 0.3) is 0 Å². The molecule has 0 radical (unpaired) electrons. The Morgan fingerprint density at radius 3 is 2.65 bits per heavy atom. The lowest BCUT2D eigenvalue weighted by Gasteiger charge is -2.37. The molecule has 17 heavy (non-hydrogen) atoms. The molecule has 1 aliphatic heterocycles. The van der Waals surface area contributed by atoms with Crippen LogP contribution in [-0.2, 0) is 0 Å². The number of amides is 1. The molecule has 3 nitrogen and oxygen atoms in total. The van der Waals surface area contributed by atoms with Crippen molar-refractivity contribution in [3.8, 4) is 0 Å². The minimum Gasteiger partial charge on any atom is -0.333 e. The fraction of sp³-hybridized carbons (Fsp3) is 0.462. The summed E-state index contributed by atoms with van der Waals surface area (Å²) in [5, 5.41) is 3.20. The number of benzene rings is 1. The highest BCUT2D eigenvalue weighted by Crippen LogP contribution is 2.18. The summed E-state index contributed by atoms with van der Waals surface area (Å²) in [6.07, 6.45) is 0. The Labute approximate surface area is 110 Å². The zero-order chi connectivity index (χ0) is 12.4. The fourth-order valence-corrected chi connectivity index (χ4v) is 2.69. The van der Waals surface area contributed by atoms with E-state index in [4.69, 9.17) is 0 Å². The Balaban J connectivity index is 2.22. The third kappa shape index (κ3) is 2.69. The maximum atomic E-state index is 12.4. The number of rotatable bonds is 3. The molecule has 0 aliphatic carbocycles. The van der Waals surface area contributed by atoms with E-state index in [1.165, 1.54) is 0 Å². The lowest BCUT2D eigenvalue weighted by Crippen LogP contribution is -2.58. The maximum Gasteiger partial charge on any atom is 0.254 e. The molecule has 1 aromatic rings. The second-order valence-electron chi connectivity index (χ2n) is 4.42. The highest BCUT2D eigenvalue weighted by atomic mass is 79.9. The highest BCUT2D eigenvalue weighted by Gasteiger charge is 2.27. The molecule has 1 fully saturated rings. The van der Waals surface area contributed by atoms with Gasteiger partial charge < -0.3 is 10.2 Å². The Morgan fingerprint density at radius 1 is 1.47 bits per heavy atom. The van der Waals surface area contributed by atoms with Crippen molar-refractivity contribution >= 4 is 21.8 Å². The molecular formula is C13H17BrN2O. The van der Waals surface area contributed by atoms with Gasteiger partial charge in [0.2, 0.25) is 0 Å². The summed E-state index contributed by atoms with van der Waals surface area (Å²) >= 11 is 3.44. The van der Waals surface area contributed by atoms with Crippen LogP contribution in [-0.4, -0.2) is 36.5 Å². The van der Waals surface area contributed by atoms with Gasteiger partial charge in [0.05, 0.1) is 6.04 Å². The zero-order valence-corrected chi connectivity index (χ0v) is 11.8. The molecule has 1 N–H and O–H groups in total. The molecule has 1 aliphatic rings. The third-order valence-corrected chi connectivity index (χ3v) is 3.55. The van der Waals surface area contributed by atoms with Crippen molar-refractivity contribution in [1.29, 1.82) is 0 Å². The molecule has 2 rings (SSSR count). The number of carbonyl (C=O) groups is 1. The molecule has 0 unspecified atom stereocenters. The summed E-state index contributed by atoms with van der Waals surface area (Å²) in [5.41, 5.74) is 1.87. The van der Waals surface area contributed by atoms with Gasteiger partial charge in [-0.2, -0.15) is 0 Å². The average molecular weight is 297 g/mol. The molecule has 0 saturated carbocycles. The molecular weight excluding hydrogens is 280 g/mol. The second-order valence-corrected chi connectivity index (χ2v) is 5.34. The smallest absolute Gasteiger partial charge is 0.254 e. The van der Waals surface area contributed by atoms with E-state index >= 15 is 0 Å². The van der Waals surface area contributed by atoms with E-state index in [2.05, 4.69) is 21.2 Å². The van der Waals surface area contributed by atoms with Crippen molar-refractivity contribution in [1.82, 2.24) is 10.2 Å². The van der Waals surface area contributed by atoms with Gasteiger partial charge in [0.1, 0.15) is 0 Å². The van der Waals surface area contributed by atoms with Gasteiger partial charge in [-0.15, -0.1) is 0 Å². The predicted octanol–water partition coefficient (Wildman–Crippen LogP) is 2.19. The molecule has 0 bridgehead atoms. The van der Waals surface area contributed by atoms with Crippen LogP contribution in [0.15, 0.2) is 22.7 Å². The largest absolute Gasteiger partial charge is 0.333 e. The number of hydrogen-bond acceptors (Lipinski definition) is 2. The molecule has 4 heteroatoms. The lowest BCUT2D eigenvalue weighted by molar-refractivity contribution is 0.0630. The molecule has 1 amide bonds. The number of aryl methyl sites for hydroxylation is 1. The van der Waals surface area contributed by atoms with E-state index in [9.17, 15) is 4.79 Å². The van der Waals surface area contributed by atoms with E-state index in [1.54, 1.807) is 0 Å². The second kappa shape index (κ2) is 5.19. The monoisotopic (exact) mass is 296 g/mol. The minimum absolute atomic E-state index is 0.128. The molecule has 1 saturated heterocycles. The van der Waals surface area contributed by atoms with Gasteiger partial charge >= 0.3 is 0 Å². The van der Waals surface area contributed by atoms with Gasteiger partial charge in [0, 0.05) is 29.7 Å². The predicted molar refractivity (Wildman–Crippen MR) is 72.2 cm³/mol. The van der Waals surface area contributed by atoms with E-state index in [1.807, 2.05) is 36.9 Å². The topological polar surface area (TPSA) is 32.3 Å². The number of halogens is 1. The van der Waals surface area contributed by atoms with Crippen LogP contribution >= 0.6 is 15.9 Å². The van der Waals surface area contributed by atoms with Crippen LogP contribution in [0.3, 0.4) is 0 Å². The van der Waals surface area contributed by atoms with Crippen LogP contribution in [0, 0.1) is 6.92 Å². The normalized spacial score (nSPS) is 15.5. The number of carbonyl (C=O) groups excluding carboxylic acids is 1. The average Bonchev–Trinajstić information content (AvgIpc) is 2.20. The van der Waals surface area contributed by atoms with E-state index < -0.39 is 0 Å². The van der Waals surface area contributed by atoms with Crippen LogP contribution in [0.2, 0.25) is 0 Å². The summed E-state index contributed by atoms with van der Waals surface area (Å²) in [6.45, 7) is 6.61. The van der Waals surface area contributed by atoms with Gasteiger partial charge in [0.25, 0.3) is 5.91 Å². The molecule has 0 atom stereocenters. The Bertz CT molecular complexity index is 409. The molecule has 0 spiro atoms. The Kier molecular flexibility index (Phi) is 3.84. The van der Waals surface area contributed by atoms with Crippen molar-refractivity contribution in [2.75, 3.05) is 19.6 Å². The molecule has 92 valence electrons. The summed E-state index contributed by atoms with van der Waals surface area (Å²) in [7, 11) is 0. The van der Waals surface area contributed by atoms with Gasteiger partial charge in [-0.25, -0.2) is 0 Å². The van der Waals surface area contributed by atoms with Crippen LogP contribution in [0.5, 0.6) is 0 Å². The number of likely N-dealkylation sites (N-methyl/N-ethyl adjacent to an activating group) is 1. The number of hydrogen-bond donors (Lipinski definition) is 1. The molecule has 1 heterocycles. The summed E-state index contributed by atoms with van der Waals surface area (Å²) < 4.78 is 0.962.